The van der Waals surface area contributed by atoms with Crippen LogP contribution in [0.2, 0.25) is 10.0 Å². The molecule has 1 aromatic heterocycles. The molecule has 0 aliphatic heterocycles. The zero-order valence-corrected chi connectivity index (χ0v) is 26.7. The Morgan fingerprint density at radius 3 is 2.20 bits per heavy atom. The van der Waals surface area contributed by atoms with Gasteiger partial charge < -0.3 is 23.9 Å². The number of hydrogen-bond donors (Lipinski definition) is 1. The van der Waals surface area contributed by atoms with E-state index in [4.69, 9.17) is 41.8 Å². The van der Waals surface area contributed by atoms with Gasteiger partial charge in [0.1, 0.15) is 29.5 Å². The Morgan fingerprint density at radius 1 is 0.891 bits per heavy atom. The summed E-state index contributed by atoms with van der Waals surface area (Å²) < 4.78 is 22.7. The number of benzene rings is 4. The monoisotopic (exact) mass is 660 g/mol. The zero-order valence-electron chi connectivity index (χ0n) is 25.2. The maximum Gasteiger partial charge on any atom is 0.408 e. The number of esters is 2. The molecule has 9 nitrogen and oxygen atoms in total. The van der Waals surface area contributed by atoms with E-state index in [0.717, 1.165) is 5.56 Å². The number of carbonyl (C=O) groups excluding carboxylic acids is 3. The van der Waals surface area contributed by atoms with E-state index in [1.54, 1.807) is 75.4 Å². The SMILES string of the molecule is CC(C)(C)OC(=O)N[C@@H](Cc1cc(C(=O)Oc2ccccc2)cc2oc(-c3cc(Cl)cc(Cl)c3)nc12)C(=O)OCc1ccccc1. The quantitative estimate of drug-likeness (QED) is 0.124. The molecule has 1 heterocycles. The minimum atomic E-state index is -1.22. The van der Waals surface area contributed by atoms with Crippen molar-refractivity contribution in [2.24, 2.45) is 0 Å². The van der Waals surface area contributed by atoms with Gasteiger partial charge in [-0.15, -0.1) is 0 Å². The molecule has 0 aliphatic rings. The van der Waals surface area contributed by atoms with Crippen molar-refractivity contribution in [2.75, 3.05) is 0 Å². The fourth-order valence-corrected chi connectivity index (χ4v) is 5.05. The van der Waals surface area contributed by atoms with E-state index in [0.29, 0.717) is 32.4 Å². The van der Waals surface area contributed by atoms with Crippen LogP contribution >= 0.6 is 23.2 Å². The van der Waals surface area contributed by atoms with Crippen LogP contribution in [0.25, 0.3) is 22.6 Å². The van der Waals surface area contributed by atoms with Crippen LogP contribution in [-0.2, 0) is 27.3 Å². The van der Waals surface area contributed by atoms with E-state index < -0.39 is 29.7 Å². The first-order chi connectivity index (χ1) is 21.9. The van der Waals surface area contributed by atoms with Crippen LogP contribution in [-0.4, -0.2) is 34.7 Å². The smallest absolute Gasteiger partial charge is 0.408 e. The van der Waals surface area contributed by atoms with Gasteiger partial charge in [0.05, 0.1) is 5.56 Å². The molecular formula is C35H30Cl2N2O7. The summed E-state index contributed by atoms with van der Waals surface area (Å²) in [5.74, 6) is -0.862. The number of alkyl carbamates (subject to hydrolysis) is 1. The molecule has 0 saturated heterocycles. The predicted octanol–water partition coefficient (Wildman–Crippen LogP) is 8.20. The Morgan fingerprint density at radius 2 is 1.54 bits per heavy atom. The summed E-state index contributed by atoms with van der Waals surface area (Å²) in [7, 11) is 0. The van der Waals surface area contributed by atoms with Crippen molar-refractivity contribution in [3.63, 3.8) is 0 Å². The lowest BCUT2D eigenvalue weighted by molar-refractivity contribution is -0.147. The molecule has 1 atom stereocenters. The van der Waals surface area contributed by atoms with Gasteiger partial charge >= 0.3 is 18.0 Å². The molecule has 5 aromatic rings. The Labute approximate surface area is 275 Å². The highest BCUT2D eigenvalue weighted by atomic mass is 35.5. The summed E-state index contributed by atoms with van der Waals surface area (Å²) in [6.07, 6.45) is -0.947. The second-order valence-electron chi connectivity index (χ2n) is 11.4. The highest BCUT2D eigenvalue weighted by Crippen LogP contribution is 2.32. The summed E-state index contributed by atoms with van der Waals surface area (Å²) in [6, 6.07) is 24.4. The molecule has 11 heteroatoms. The third-order valence-corrected chi connectivity index (χ3v) is 6.93. The fourth-order valence-electron chi connectivity index (χ4n) is 4.52. The maximum absolute atomic E-state index is 13.5. The summed E-state index contributed by atoms with van der Waals surface area (Å²) in [5, 5.41) is 3.37. The second kappa shape index (κ2) is 14.1. The third-order valence-electron chi connectivity index (χ3n) is 6.50. The number of hydrogen-bond acceptors (Lipinski definition) is 8. The maximum atomic E-state index is 13.5. The highest BCUT2D eigenvalue weighted by molar-refractivity contribution is 6.35. The first-order valence-electron chi connectivity index (χ1n) is 14.3. The summed E-state index contributed by atoms with van der Waals surface area (Å²) in [4.78, 5) is 44.3. The number of nitrogens with zero attached hydrogens (tertiary/aromatic N) is 1. The number of halogens is 2. The molecule has 0 saturated carbocycles. The van der Waals surface area contributed by atoms with Crippen LogP contribution in [0.4, 0.5) is 4.79 Å². The summed E-state index contributed by atoms with van der Waals surface area (Å²) >= 11 is 12.5. The van der Waals surface area contributed by atoms with E-state index >= 15 is 0 Å². The number of aromatic nitrogens is 1. The highest BCUT2D eigenvalue weighted by Gasteiger charge is 2.28. The Balaban J connectivity index is 1.54. The van der Waals surface area contributed by atoms with Crippen LogP contribution in [0.15, 0.2) is 95.4 Å². The first-order valence-corrected chi connectivity index (χ1v) is 15.1. The van der Waals surface area contributed by atoms with Crippen LogP contribution in [0, 0.1) is 0 Å². The standard InChI is InChI=1S/C35H30Cl2N2O7/c1-35(2,3)46-34(42)38-28(33(41)43-20-21-10-6-4-7-11-21)17-22-14-24(32(40)44-27-12-8-5-9-13-27)18-29-30(22)39-31(45-29)23-15-25(36)19-26(37)16-23/h4-16,18-19,28H,17,20H2,1-3H3,(H,38,42)/t28-/m0/s1. The lowest BCUT2D eigenvalue weighted by Gasteiger charge is -2.23. The second-order valence-corrected chi connectivity index (χ2v) is 12.2. The van der Waals surface area contributed by atoms with Crippen LogP contribution < -0.4 is 10.1 Å². The van der Waals surface area contributed by atoms with E-state index in [9.17, 15) is 14.4 Å². The lowest BCUT2D eigenvalue weighted by atomic mass is 10.0. The Kier molecular flexibility index (Phi) is 9.94. The molecule has 0 radical (unpaired) electrons. The molecule has 5 rings (SSSR count). The average molecular weight is 662 g/mol. The summed E-state index contributed by atoms with van der Waals surface area (Å²) in [5.41, 5.74) is 1.55. The van der Waals surface area contributed by atoms with Gasteiger partial charge in [0.15, 0.2) is 5.58 Å². The summed E-state index contributed by atoms with van der Waals surface area (Å²) in [6.45, 7) is 5.10. The lowest BCUT2D eigenvalue weighted by Crippen LogP contribution is -2.45. The van der Waals surface area contributed by atoms with Crippen LogP contribution in [0.5, 0.6) is 5.75 Å². The van der Waals surface area contributed by atoms with Gasteiger partial charge in [0, 0.05) is 22.0 Å². The number of nitrogens with one attached hydrogen (secondary N) is 1. The van der Waals surface area contributed by atoms with E-state index in [-0.39, 0.29) is 30.1 Å². The van der Waals surface area contributed by atoms with Gasteiger partial charge in [0.2, 0.25) is 5.89 Å². The number of para-hydroxylation sites is 1. The van der Waals surface area contributed by atoms with Crippen LogP contribution in [0.1, 0.15) is 42.3 Å². The van der Waals surface area contributed by atoms with Crippen molar-refractivity contribution in [2.45, 2.75) is 45.4 Å². The van der Waals surface area contributed by atoms with Crippen molar-refractivity contribution < 1.29 is 33.0 Å². The topological polar surface area (TPSA) is 117 Å². The fraction of sp³-hybridized carbons (Fsp3) is 0.200. The van der Waals surface area contributed by atoms with Crippen LogP contribution in [0.3, 0.4) is 0 Å². The van der Waals surface area contributed by atoms with E-state index in [2.05, 4.69) is 10.3 Å². The van der Waals surface area contributed by atoms with Gasteiger partial charge in [-0.05, 0) is 74.4 Å². The Bertz CT molecular complexity index is 1850. The van der Waals surface area contributed by atoms with Crippen molar-refractivity contribution >= 4 is 52.3 Å². The predicted molar refractivity (Wildman–Crippen MR) is 174 cm³/mol. The number of rotatable bonds is 9. The average Bonchev–Trinajstić information content (AvgIpc) is 3.44. The molecule has 0 fully saturated rings. The molecule has 236 valence electrons. The van der Waals surface area contributed by atoms with Crippen molar-refractivity contribution in [1.82, 2.24) is 10.3 Å². The molecule has 0 spiro atoms. The molecular weight excluding hydrogens is 631 g/mol. The van der Waals surface area contributed by atoms with E-state index in [1.807, 2.05) is 30.3 Å². The molecule has 4 aromatic carbocycles. The van der Waals surface area contributed by atoms with Crippen molar-refractivity contribution in [3.8, 4) is 17.2 Å². The van der Waals surface area contributed by atoms with Gasteiger partial charge in [-0.3, -0.25) is 0 Å². The van der Waals surface area contributed by atoms with E-state index in [1.165, 1.54) is 6.07 Å². The molecule has 46 heavy (non-hydrogen) atoms. The zero-order chi connectivity index (χ0) is 32.8. The normalized spacial score (nSPS) is 11.9. The molecule has 0 aliphatic carbocycles. The van der Waals surface area contributed by atoms with Crippen molar-refractivity contribution in [1.29, 1.82) is 0 Å². The number of fused-ring (bicyclic) bond motifs is 1. The largest absolute Gasteiger partial charge is 0.459 e. The van der Waals surface area contributed by atoms with Gasteiger partial charge in [-0.2, -0.15) is 0 Å². The van der Waals surface area contributed by atoms with Gasteiger partial charge in [-0.25, -0.2) is 19.4 Å². The first kappa shape index (κ1) is 32.5. The molecule has 1 amide bonds. The number of oxazole rings is 1. The number of carbonyl (C=O) groups is 3. The Hall–Kier alpha value is -4.86. The van der Waals surface area contributed by atoms with Gasteiger partial charge in [0.25, 0.3) is 0 Å². The molecule has 1 N–H and O–H groups in total. The molecule has 0 bridgehead atoms. The number of amides is 1. The number of ether oxygens (including phenoxy) is 3. The van der Waals surface area contributed by atoms with Gasteiger partial charge in [-0.1, -0.05) is 71.7 Å². The minimum absolute atomic E-state index is 0.0192. The van der Waals surface area contributed by atoms with Crippen molar-refractivity contribution in [3.05, 3.63) is 118 Å². The minimum Gasteiger partial charge on any atom is -0.459 e. The molecule has 0 unspecified atom stereocenters. The third kappa shape index (κ3) is 8.65.